The molecule has 0 amide bonds. The van der Waals surface area contributed by atoms with Crippen molar-refractivity contribution in [3.8, 4) is 0 Å². The average Bonchev–Trinajstić information content (AvgIpc) is 2.60. The van der Waals surface area contributed by atoms with E-state index in [9.17, 15) is 8.42 Å². The molecule has 0 radical (unpaired) electrons. The van der Waals surface area contributed by atoms with Gasteiger partial charge in [-0.05, 0) is 51.8 Å². The third-order valence-electron chi connectivity index (χ3n) is 4.56. The van der Waals surface area contributed by atoms with Gasteiger partial charge in [0, 0.05) is 17.8 Å². The van der Waals surface area contributed by atoms with Gasteiger partial charge < -0.3 is 10.6 Å². The minimum absolute atomic E-state index is 0.182. The van der Waals surface area contributed by atoms with E-state index in [0.29, 0.717) is 11.5 Å². The lowest BCUT2D eigenvalue weighted by Crippen LogP contribution is -2.31. The molecule has 132 valence electrons. The number of nitrogens with one attached hydrogen (secondary N) is 2. The van der Waals surface area contributed by atoms with Gasteiger partial charge in [-0.1, -0.05) is 36.9 Å². The number of hydrogen-bond donors (Lipinski definition) is 2. The van der Waals surface area contributed by atoms with Crippen molar-refractivity contribution in [1.82, 2.24) is 5.32 Å². The van der Waals surface area contributed by atoms with Gasteiger partial charge >= 0.3 is 0 Å². The minimum Gasteiger partial charge on any atom is -0.384 e. The van der Waals surface area contributed by atoms with E-state index in [4.69, 9.17) is 0 Å². The van der Waals surface area contributed by atoms with Crippen LogP contribution in [-0.2, 0) is 9.84 Å². The molecule has 5 heteroatoms. The summed E-state index contributed by atoms with van der Waals surface area (Å²) in [6, 6.07) is 7.53. The lowest BCUT2D eigenvalue weighted by Gasteiger charge is -2.24. The fraction of sp³-hybridized carbons (Fsp3) is 0.474. The predicted molar refractivity (Wildman–Crippen MR) is 103 cm³/mol. The van der Waals surface area contributed by atoms with Crippen LogP contribution >= 0.6 is 0 Å². The first kappa shape index (κ1) is 18.7. The van der Waals surface area contributed by atoms with Gasteiger partial charge in [-0.2, -0.15) is 0 Å². The van der Waals surface area contributed by atoms with Gasteiger partial charge in [0.05, 0.1) is 10.2 Å². The molecule has 0 bridgehead atoms. The highest BCUT2D eigenvalue weighted by Crippen LogP contribution is 2.30. The third kappa shape index (κ3) is 4.48. The Morgan fingerprint density at radius 3 is 2.71 bits per heavy atom. The molecule has 1 fully saturated rings. The number of piperidine rings is 1. The Morgan fingerprint density at radius 1 is 1.38 bits per heavy atom. The molecule has 1 aliphatic rings. The van der Waals surface area contributed by atoms with Crippen molar-refractivity contribution < 1.29 is 8.42 Å². The van der Waals surface area contributed by atoms with Gasteiger partial charge in [0.1, 0.15) is 0 Å². The molecule has 2 N–H and O–H groups in total. The van der Waals surface area contributed by atoms with Crippen LogP contribution in [0.2, 0.25) is 0 Å². The number of anilines is 1. The summed E-state index contributed by atoms with van der Waals surface area (Å²) in [5.74, 6) is 0.617. The third-order valence-corrected chi connectivity index (χ3v) is 6.61. The van der Waals surface area contributed by atoms with E-state index in [1.807, 2.05) is 31.2 Å². The number of benzene rings is 1. The molecule has 0 saturated carbocycles. The first-order valence-electron chi connectivity index (χ1n) is 8.56. The normalized spacial score (nSPS) is 17.8. The lowest BCUT2D eigenvalue weighted by atomic mass is 9.98. The fourth-order valence-corrected chi connectivity index (χ4v) is 4.27. The topological polar surface area (TPSA) is 58.2 Å². The zero-order valence-electron chi connectivity index (χ0n) is 14.6. The van der Waals surface area contributed by atoms with Gasteiger partial charge in [-0.3, -0.25) is 0 Å². The molecular weight excluding hydrogens is 320 g/mol. The standard InChI is InChI=1S/C19H28N2O2S/c1-4-7-15(2)24(22,23)16(3)18-8-5-6-9-19(18)21-14-17-10-12-20-13-11-17/h4-9,15,17,20-21H,3,10-14H2,1-2H3/b7-4-. The van der Waals surface area contributed by atoms with Crippen LogP contribution in [0.4, 0.5) is 5.69 Å². The van der Waals surface area contributed by atoms with Crippen LogP contribution < -0.4 is 10.6 Å². The van der Waals surface area contributed by atoms with Crippen molar-refractivity contribution in [3.05, 3.63) is 48.6 Å². The first-order chi connectivity index (χ1) is 11.5. The second-order valence-corrected chi connectivity index (χ2v) is 8.65. The predicted octanol–water partition coefficient (Wildman–Crippen LogP) is 3.45. The Hall–Kier alpha value is -1.59. The summed E-state index contributed by atoms with van der Waals surface area (Å²) in [6.07, 6.45) is 5.74. The smallest absolute Gasteiger partial charge is 0.184 e. The SMILES string of the molecule is C=C(c1ccccc1NCC1CCNCC1)S(=O)(=O)C(C)/C=C\C. The van der Waals surface area contributed by atoms with E-state index in [1.165, 1.54) is 0 Å². The summed E-state index contributed by atoms with van der Waals surface area (Å²) in [5.41, 5.74) is 1.51. The zero-order chi connectivity index (χ0) is 17.6. The Balaban J connectivity index is 2.16. The molecule has 4 nitrogen and oxygen atoms in total. The van der Waals surface area contributed by atoms with E-state index in [1.54, 1.807) is 19.1 Å². The van der Waals surface area contributed by atoms with Crippen molar-refractivity contribution in [2.45, 2.75) is 31.9 Å². The Labute approximate surface area is 146 Å². The van der Waals surface area contributed by atoms with Crippen molar-refractivity contribution in [3.63, 3.8) is 0 Å². The highest BCUT2D eigenvalue weighted by Gasteiger charge is 2.25. The first-order valence-corrected chi connectivity index (χ1v) is 10.1. The Bertz CT molecular complexity index is 689. The monoisotopic (exact) mass is 348 g/mol. The highest BCUT2D eigenvalue weighted by molar-refractivity contribution is 8.01. The van der Waals surface area contributed by atoms with E-state index >= 15 is 0 Å². The molecule has 1 aliphatic heterocycles. The van der Waals surface area contributed by atoms with E-state index in [2.05, 4.69) is 17.2 Å². The summed E-state index contributed by atoms with van der Waals surface area (Å²) in [6.45, 7) is 10.4. The Morgan fingerprint density at radius 2 is 2.04 bits per heavy atom. The molecule has 0 spiro atoms. The van der Waals surface area contributed by atoms with E-state index < -0.39 is 15.1 Å². The van der Waals surface area contributed by atoms with Gasteiger partial charge in [-0.25, -0.2) is 8.42 Å². The van der Waals surface area contributed by atoms with Crippen LogP contribution in [0.25, 0.3) is 4.91 Å². The lowest BCUT2D eigenvalue weighted by molar-refractivity contribution is 0.390. The summed E-state index contributed by atoms with van der Waals surface area (Å²) in [4.78, 5) is 0.182. The van der Waals surface area contributed by atoms with Crippen molar-refractivity contribution in [2.75, 3.05) is 25.0 Å². The highest BCUT2D eigenvalue weighted by atomic mass is 32.2. The van der Waals surface area contributed by atoms with Crippen LogP contribution in [0.15, 0.2) is 43.0 Å². The number of allylic oxidation sites excluding steroid dienone is 1. The summed E-state index contributed by atoms with van der Waals surface area (Å²) >= 11 is 0. The molecule has 0 aromatic heterocycles. The van der Waals surface area contributed by atoms with Gasteiger partial charge in [0.2, 0.25) is 0 Å². The summed E-state index contributed by atoms with van der Waals surface area (Å²) < 4.78 is 25.4. The van der Waals surface area contributed by atoms with Crippen molar-refractivity contribution >= 4 is 20.4 Å². The van der Waals surface area contributed by atoms with Gasteiger partial charge in [0.25, 0.3) is 0 Å². The van der Waals surface area contributed by atoms with Crippen LogP contribution in [0, 0.1) is 5.92 Å². The average molecular weight is 349 g/mol. The Kier molecular flexibility index (Phi) is 6.63. The molecule has 0 aliphatic carbocycles. The molecule has 1 saturated heterocycles. The van der Waals surface area contributed by atoms with Crippen LogP contribution in [-0.4, -0.2) is 33.3 Å². The van der Waals surface area contributed by atoms with Gasteiger partial charge in [0.15, 0.2) is 9.84 Å². The number of rotatable bonds is 7. The van der Waals surface area contributed by atoms with E-state index in [-0.39, 0.29) is 4.91 Å². The molecule has 1 unspecified atom stereocenters. The summed E-state index contributed by atoms with van der Waals surface area (Å²) in [7, 11) is -3.45. The van der Waals surface area contributed by atoms with Crippen molar-refractivity contribution in [2.24, 2.45) is 5.92 Å². The molecule has 1 atom stereocenters. The maximum Gasteiger partial charge on any atom is 0.184 e. The maximum absolute atomic E-state index is 12.7. The number of sulfone groups is 1. The van der Waals surface area contributed by atoms with Crippen LogP contribution in [0.5, 0.6) is 0 Å². The molecule has 2 rings (SSSR count). The number of para-hydroxylation sites is 1. The molecule has 1 heterocycles. The fourth-order valence-electron chi connectivity index (χ4n) is 2.97. The number of hydrogen-bond acceptors (Lipinski definition) is 4. The van der Waals surface area contributed by atoms with E-state index in [0.717, 1.165) is 38.2 Å². The molecule has 24 heavy (non-hydrogen) atoms. The van der Waals surface area contributed by atoms with Gasteiger partial charge in [-0.15, -0.1) is 0 Å². The van der Waals surface area contributed by atoms with Crippen LogP contribution in [0.3, 0.4) is 0 Å². The quantitative estimate of drug-likeness (QED) is 0.741. The molecule has 1 aromatic rings. The zero-order valence-corrected chi connectivity index (χ0v) is 15.4. The van der Waals surface area contributed by atoms with Crippen LogP contribution in [0.1, 0.15) is 32.3 Å². The minimum atomic E-state index is -3.45. The molecule has 1 aromatic carbocycles. The second-order valence-electron chi connectivity index (χ2n) is 6.32. The molecular formula is C19H28N2O2S. The summed E-state index contributed by atoms with van der Waals surface area (Å²) in [5, 5.41) is 6.22. The largest absolute Gasteiger partial charge is 0.384 e. The maximum atomic E-state index is 12.7. The van der Waals surface area contributed by atoms with Crippen molar-refractivity contribution in [1.29, 1.82) is 0 Å². The second kappa shape index (κ2) is 8.49.